The zero-order chi connectivity index (χ0) is 22.1. The molecule has 0 saturated heterocycles. The molecule has 3 aromatic rings. The fraction of sp³-hybridized carbons (Fsp3) is 0.167. The molecule has 1 N–H and O–H groups in total. The first-order valence-electron chi connectivity index (χ1n) is 8.23. The Morgan fingerprint density at radius 1 is 1.07 bits per heavy atom. The normalized spacial score (nSPS) is 11.5. The summed E-state index contributed by atoms with van der Waals surface area (Å²) in [6.07, 6.45) is 5.55. The van der Waals surface area contributed by atoms with E-state index < -0.39 is 5.09 Å². The molecule has 1 heterocycles. The summed E-state index contributed by atoms with van der Waals surface area (Å²) in [6.45, 7) is 0.807. The minimum absolute atomic E-state index is 0.264. The van der Waals surface area contributed by atoms with Crippen molar-refractivity contribution in [2.75, 3.05) is 5.75 Å². The molecule has 0 aliphatic heterocycles. The van der Waals surface area contributed by atoms with E-state index >= 15 is 0 Å². The van der Waals surface area contributed by atoms with Crippen LogP contribution >= 0.6 is 69.9 Å². The maximum absolute atomic E-state index is 8.36. The fourth-order valence-corrected chi connectivity index (χ4v) is 5.63. The van der Waals surface area contributed by atoms with Gasteiger partial charge in [-0.3, -0.25) is 0 Å². The van der Waals surface area contributed by atoms with Crippen LogP contribution in [0.1, 0.15) is 0 Å². The second kappa shape index (κ2) is 12.5. The van der Waals surface area contributed by atoms with Crippen molar-refractivity contribution in [3.8, 4) is 0 Å². The van der Waals surface area contributed by atoms with E-state index in [0.717, 1.165) is 22.1 Å². The fourth-order valence-electron chi connectivity index (χ4n) is 2.28. The van der Waals surface area contributed by atoms with Crippen molar-refractivity contribution in [1.82, 2.24) is 9.55 Å². The zero-order valence-electron chi connectivity index (χ0n) is 15.1. The van der Waals surface area contributed by atoms with Crippen LogP contribution in [0.3, 0.4) is 0 Å². The van der Waals surface area contributed by atoms with Gasteiger partial charge in [0, 0.05) is 49.8 Å². The SMILES string of the molecule is Clc1ccc(SCC(Cn2ccnc2)Sc2ccc(Cl)cc2Cl)c(Cl)c1.O=[N+]([O-])O. The van der Waals surface area contributed by atoms with Gasteiger partial charge in [-0.2, -0.15) is 0 Å². The van der Waals surface area contributed by atoms with Crippen LogP contribution in [-0.4, -0.2) is 30.8 Å². The molecule has 12 heteroatoms. The average Bonchev–Trinajstić information content (AvgIpc) is 3.15. The molecule has 160 valence electrons. The van der Waals surface area contributed by atoms with Crippen LogP contribution in [-0.2, 0) is 6.54 Å². The molecule has 0 aliphatic rings. The van der Waals surface area contributed by atoms with E-state index in [-0.39, 0.29) is 5.25 Å². The third kappa shape index (κ3) is 8.83. The first-order valence-corrected chi connectivity index (χ1v) is 11.6. The van der Waals surface area contributed by atoms with E-state index in [1.165, 1.54) is 0 Å². The Labute approximate surface area is 201 Å². The molecule has 1 atom stereocenters. The minimum Gasteiger partial charge on any atom is -0.336 e. The maximum Gasteiger partial charge on any atom is 0.291 e. The van der Waals surface area contributed by atoms with Gasteiger partial charge in [-0.05, 0) is 36.4 Å². The molecule has 0 bridgehead atoms. The van der Waals surface area contributed by atoms with Gasteiger partial charge < -0.3 is 9.77 Å². The van der Waals surface area contributed by atoms with Gasteiger partial charge in [0.05, 0.1) is 16.4 Å². The second-order valence-electron chi connectivity index (χ2n) is 5.70. The molecule has 2 aromatic carbocycles. The van der Waals surface area contributed by atoms with Gasteiger partial charge in [0.1, 0.15) is 0 Å². The summed E-state index contributed by atoms with van der Waals surface area (Å²) in [6, 6.07) is 11.1. The van der Waals surface area contributed by atoms with Gasteiger partial charge >= 0.3 is 0 Å². The lowest BCUT2D eigenvalue weighted by Crippen LogP contribution is -2.15. The van der Waals surface area contributed by atoms with Crippen molar-refractivity contribution < 1.29 is 10.3 Å². The van der Waals surface area contributed by atoms with Crippen molar-refractivity contribution in [2.45, 2.75) is 21.6 Å². The zero-order valence-corrected chi connectivity index (χ0v) is 19.8. The van der Waals surface area contributed by atoms with Gasteiger partial charge in [-0.15, -0.1) is 33.6 Å². The Balaban J connectivity index is 0.000000735. The van der Waals surface area contributed by atoms with Crippen LogP contribution in [0.5, 0.6) is 0 Å². The molecule has 0 radical (unpaired) electrons. The summed E-state index contributed by atoms with van der Waals surface area (Å²) in [5.74, 6) is 0.850. The van der Waals surface area contributed by atoms with Gasteiger partial charge in [0.15, 0.2) is 0 Å². The predicted molar refractivity (Wildman–Crippen MR) is 124 cm³/mol. The lowest BCUT2D eigenvalue weighted by Gasteiger charge is -2.18. The van der Waals surface area contributed by atoms with E-state index in [4.69, 9.17) is 61.7 Å². The van der Waals surface area contributed by atoms with Crippen molar-refractivity contribution in [3.63, 3.8) is 0 Å². The molecule has 0 fully saturated rings. The Morgan fingerprint density at radius 2 is 1.63 bits per heavy atom. The van der Waals surface area contributed by atoms with E-state index in [1.54, 1.807) is 41.9 Å². The number of halogens is 4. The third-order valence-electron chi connectivity index (χ3n) is 3.48. The second-order valence-corrected chi connectivity index (χ2v) is 9.79. The first-order chi connectivity index (χ1) is 14.2. The van der Waals surface area contributed by atoms with Gasteiger partial charge in [-0.25, -0.2) is 4.98 Å². The summed E-state index contributed by atoms with van der Waals surface area (Å²) < 4.78 is 2.06. The van der Waals surface area contributed by atoms with E-state index in [9.17, 15) is 0 Å². The highest BCUT2D eigenvalue weighted by molar-refractivity contribution is 8.03. The van der Waals surface area contributed by atoms with Gasteiger partial charge in [0.2, 0.25) is 0 Å². The predicted octanol–water partition coefficient (Wildman–Crippen LogP) is 7.10. The summed E-state index contributed by atoms with van der Waals surface area (Å²) in [5, 5.41) is 16.5. The average molecular weight is 527 g/mol. The number of imidazole rings is 1. The number of nitrogens with zero attached hydrogens (tertiary/aromatic N) is 3. The number of hydrogen-bond donors (Lipinski definition) is 1. The summed E-state index contributed by atoms with van der Waals surface area (Å²) in [4.78, 5) is 14.5. The minimum atomic E-state index is -1.50. The van der Waals surface area contributed by atoms with Crippen LogP contribution in [0.2, 0.25) is 20.1 Å². The van der Waals surface area contributed by atoms with Gasteiger partial charge in [0.25, 0.3) is 5.09 Å². The van der Waals surface area contributed by atoms with E-state index in [2.05, 4.69) is 9.55 Å². The van der Waals surface area contributed by atoms with Crippen LogP contribution in [0.4, 0.5) is 0 Å². The summed E-state index contributed by atoms with van der Waals surface area (Å²) in [7, 11) is 0. The molecular formula is C18H15Cl4N3O3S2. The van der Waals surface area contributed by atoms with Crippen LogP contribution in [0, 0.1) is 10.1 Å². The molecule has 0 aliphatic carbocycles. The smallest absolute Gasteiger partial charge is 0.291 e. The first kappa shape index (κ1) is 25.0. The lowest BCUT2D eigenvalue weighted by molar-refractivity contribution is -0.742. The van der Waals surface area contributed by atoms with Crippen molar-refractivity contribution in [2.24, 2.45) is 0 Å². The molecule has 30 heavy (non-hydrogen) atoms. The summed E-state index contributed by atoms with van der Waals surface area (Å²) >= 11 is 28.0. The van der Waals surface area contributed by atoms with E-state index in [1.807, 2.05) is 36.8 Å². The Morgan fingerprint density at radius 3 is 2.13 bits per heavy atom. The molecule has 1 aromatic heterocycles. The summed E-state index contributed by atoms with van der Waals surface area (Å²) in [5.41, 5.74) is 0. The number of benzene rings is 2. The van der Waals surface area contributed by atoms with Crippen LogP contribution in [0.25, 0.3) is 0 Å². The van der Waals surface area contributed by atoms with Gasteiger partial charge in [-0.1, -0.05) is 46.4 Å². The topological polar surface area (TPSA) is 81.2 Å². The largest absolute Gasteiger partial charge is 0.336 e. The molecule has 0 amide bonds. The lowest BCUT2D eigenvalue weighted by atomic mass is 10.4. The highest BCUT2D eigenvalue weighted by atomic mass is 35.5. The molecule has 0 saturated carbocycles. The molecule has 3 rings (SSSR count). The number of thioether (sulfide) groups is 2. The third-order valence-corrected chi connectivity index (χ3v) is 7.51. The molecular weight excluding hydrogens is 512 g/mol. The number of rotatable bonds is 7. The highest BCUT2D eigenvalue weighted by Gasteiger charge is 2.15. The van der Waals surface area contributed by atoms with Crippen molar-refractivity contribution >= 4 is 69.9 Å². The Bertz CT molecular complexity index is 973. The standard InChI is InChI=1S/C18H14Cl4N2S2.HNO3/c19-12-1-3-17(15(21)7-12)25-10-14(9-24-6-5-23-11-24)26-18-4-2-13(20)8-16(18)22;2-1(3)4/h1-8,11,14H,9-10H2;(H,2,3,4). The Kier molecular flexibility index (Phi) is 10.4. The highest BCUT2D eigenvalue weighted by Crippen LogP contribution is 2.37. The quantitative estimate of drug-likeness (QED) is 0.201. The molecule has 6 nitrogen and oxygen atoms in total. The molecule has 0 spiro atoms. The molecule has 1 unspecified atom stereocenters. The van der Waals surface area contributed by atoms with Crippen LogP contribution < -0.4 is 0 Å². The monoisotopic (exact) mass is 525 g/mol. The number of hydrogen-bond acceptors (Lipinski definition) is 5. The maximum atomic E-state index is 8.36. The van der Waals surface area contributed by atoms with Crippen LogP contribution in [0.15, 0.2) is 64.9 Å². The van der Waals surface area contributed by atoms with Crippen molar-refractivity contribution in [1.29, 1.82) is 0 Å². The Hall–Kier alpha value is -1.29. The van der Waals surface area contributed by atoms with Crippen molar-refractivity contribution in [3.05, 3.63) is 85.3 Å². The number of aromatic nitrogens is 2. The van der Waals surface area contributed by atoms with E-state index in [0.29, 0.717) is 20.1 Å².